The van der Waals surface area contributed by atoms with E-state index < -0.39 is 0 Å². The Hall–Kier alpha value is -3.98. The van der Waals surface area contributed by atoms with Crippen molar-refractivity contribution in [2.75, 3.05) is 0 Å². The van der Waals surface area contributed by atoms with Crippen molar-refractivity contribution in [3.63, 3.8) is 0 Å². The second-order valence-electron chi connectivity index (χ2n) is 7.13. The topological polar surface area (TPSA) is 30.7 Å². The van der Waals surface area contributed by atoms with Gasteiger partial charge in [-0.1, -0.05) is 66.7 Å². The van der Waals surface area contributed by atoms with E-state index in [1.807, 2.05) is 30.6 Å². The van der Waals surface area contributed by atoms with Gasteiger partial charge in [-0.15, -0.1) is 0 Å². The minimum atomic E-state index is 0.926. The minimum Gasteiger partial charge on any atom is -0.292 e. The summed E-state index contributed by atoms with van der Waals surface area (Å²) in [5.74, 6) is 0.926. The third kappa shape index (κ3) is 2.38. The van der Waals surface area contributed by atoms with Crippen LogP contribution >= 0.6 is 0 Å². The van der Waals surface area contributed by atoms with E-state index in [-0.39, 0.29) is 0 Å². The molecule has 0 amide bonds. The second kappa shape index (κ2) is 6.28. The lowest BCUT2D eigenvalue weighted by molar-refractivity contribution is 1.10. The van der Waals surface area contributed by atoms with Gasteiger partial charge in [0.15, 0.2) is 0 Å². The summed E-state index contributed by atoms with van der Waals surface area (Å²) in [5, 5.41) is 4.85. The molecule has 136 valence electrons. The van der Waals surface area contributed by atoms with Gasteiger partial charge in [0, 0.05) is 34.4 Å². The predicted octanol–water partition coefficient (Wildman–Crippen LogP) is 6.39. The molecule has 2 heterocycles. The van der Waals surface area contributed by atoms with Gasteiger partial charge in [-0.05, 0) is 35.0 Å². The number of para-hydroxylation sites is 1. The Labute approximate surface area is 167 Å². The molecule has 0 radical (unpaired) electrons. The van der Waals surface area contributed by atoms with E-state index in [0.29, 0.717) is 0 Å². The van der Waals surface area contributed by atoms with Crippen molar-refractivity contribution in [2.24, 2.45) is 0 Å². The lowest BCUT2D eigenvalue weighted by Crippen LogP contribution is -1.98. The molecule has 2 aromatic heterocycles. The molecule has 0 N–H and O–H groups in total. The van der Waals surface area contributed by atoms with Crippen molar-refractivity contribution >= 4 is 32.6 Å². The molecule has 3 nitrogen and oxygen atoms in total. The Morgan fingerprint density at radius 1 is 0.552 bits per heavy atom. The molecule has 0 saturated heterocycles. The average molecular weight is 371 g/mol. The third-order valence-electron chi connectivity index (χ3n) is 5.48. The number of imidazole rings is 1. The van der Waals surface area contributed by atoms with Gasteiger partial charge in [-0.2, -0.15) is 0 Å². The van der Waals surface area contributed by atoms with E-state index in [2.05, 4.69) is 82.3 Å². The molecule has 29 heavy (non-hydrogen) atoms. The fourth-order valence-electron chi connectivity index (χ4n) is 4.23. The van der Waals surface area contributed by atoms with Gasteiger partial charge in [-0.3, -0.25) is 9.55 Å². The zero-order valence-electron chi connectivity index (χ0n) is 15.7. The molecule has 3 heteroatoms. The number of aromatic nitrogens is 3. The summed E-state index contributed by atoms with van der Waals surface area (Å²) in [6.45, 7) is 0. The van der Waals surface area contributed by atoms with Gasteiger partial charge >= 0.3 is 0 Å². The zero-order valence-corrected chi connectivity index (χ0v) is 15.7. The first-order chi connectivity index (χ1) is 14.4. The molecular weight excluding hydrogens is 354 g/mol. The standard InChI is InChI=1S/C26H17N3/c1-2-8-19(9-3-1)29-25-23-13-7-5-11-21(23)20-10-4-6-12-22(20)24(25)28-26(29)18-14-16-27-17-15-18/h1-17H. The van der Waals surface area contributed by atoms with E-state index in [1.165, 1.54) is 21.5 Å². The summed E-state index contributed by atoms with van der Waals surface area (Å²) in [5.41, 5.74) is 4.31. The first-order valence-electron chi connectivity index (χ1n) is 9.69. The Balaban J connectivity index is 1.90. The van der Waals surface area contributed by atoms with Crippen LogP contribution < -0.4 is 0 Å². The molecule has 6 rings (SSSR count). The molecule has 0 spiro atoms. The minimum absolute atomic E-state index is 0.926. The summed E-state index contributed by atoms with van der Waals surface area (Å²) in [7, 11) is 0. The van der Waals surface area contributed by atoms with E-state index in [4.69, 9.17) is 4.98 Å². The maximum atomic E-state index is 5.17. The van der Waals surface area contributed by atoms with Crippen molar-refractivity contribution in [1.82, 2.24) is 14.5 Å². The van der Waals surface area contributed by atoms with Crippen molar-refractivity contribution in [1.29, 1.82) is 0 Å². The number of fused-ring (bicyclic) bond motifs is 6. The smallest absolute Gasteiger partial charge is 0.145 e. The van der Waals surface area contributed by atoms with Crippen LogP contribution in [0.3, 0.4) is 0 Å². The zero-order chi connectivity index (χ0) is 19.2. The van der Waals surface area contributed by atoms with Gasteiger partial charge in [0.25, 0.3) is 0 Å². The highest BCUT2D eigenvalue weighted by atomic mass is 15.1. The highest BCUT2D eigenvalue weighted by molar-refractivity contribution is 6.24. The molecule has 0 aliphatic rings. The van der Waals surface area contributed by atoms with Gasteiger partial charge in [0.05, 0.1) is 11.0 Å². The lowest BCUT2D eigenvalue weighted by Gasteiger charge is -2.12. The monoisotopic (exact) mass is 371 g/mol. The van der Waals surface area contributed by atoms with Crippen molar-refractivity contribution in [3.8, 4) is 17.1 Å². The maximum absolute atomic E-state index is 5.17. The Morgan fingerprint density at radius 2 is 1.14 bits per heavy atom. The first kappa shape index (κ1) is 16.0. The number of rotatable bonds is 2. The summed E-state index contributed by atoms with van der Waals surface area (Å²) in [6, 6.07) is 31.6. The van der Waals surface area contributed by atoms with Gasteiger partial charge in [0.1, 0.15) is 5.82 Å². The summed E-state index contributed by atoms with van der Waals surface area (Å²) in [6.07, 6.45) is 3.64. The summed E-state index contributed by atoms with van der Waals surface area (Å²) >= 11 is 0. The van der Waals surface area contributed by atoms with Crippen LogP contribution in [0.5, 0.6) is 0 Å². The van der Waals surface area contributed by atoms with Gasteiger partial charge in [-0.25, -0.2) is 4.98 Å². The quantitative estimate of drug-likeness (QED) is 0.330. The van der Waals surface area contributed by atoms with Crippen LogP contribution in [0.15, 0.2) is 103 Å². The van der Waals surface area contributed by atoms with E-state index in [1.54, 1.807) is 0 Å². The van der Waals surface area contributed by atoms with Crippen molar-refractivity contribution in [2.45, 2.75) is 0 Å². The fourth-order valence-corrected chi connectivity index (χ4v) is 4.23. The van der Waals surface area contributed by atoms with Crippen LogP contribution in [0, 0.1) is 0 Å². The van der Waals surface area contributed by atoms with Crippen LogP contribution in [-0.4, -0.2) is 14.5 Å². The highest BCUT2D eigenvalue weighted by Crippen LogP contribution is 2.38. The number of hydrogen-bond acceptors (Lipinski definition) is 2. The van der Waals surface area contributed by atoms with Crippen LogP contribution in [-0.2, 0) is 0 Å². The molecule has 0 atom stereocenters. The van der Waals surface area contributed by atoms with E-state index in [9.17, 15) is 0 Å². The molecule has 4 aromatic carbocycles. The van der Waals surface area contributed by atoms with Crippen molar-refractivity contribution in [3.05, 3.63) is 103 Å². The third-order valence-corrected chi connectivity index (χ3v) is 5.48. The maximum Gasteiger partial charge on any atom is 0.145 e. The van der Waals surface area contributed by atoms with Gasteiger partial charge in [0.2, 0.25) is 0 Å². The van der Waals surface area contributed by atoms with Crippen molar-refractivity contribution < 1.29 is 0 Å². The molecule has 0 fully saturated rings. The molecule has 0 aliphatic heterocycles. The molecule has 0 unspecified atom stereocenters. The van der Waals surface area contributed by atoms with Gasteiger partial charge < -0.3 is 0 Å². The normalized spacial score (nSPS) is 11.4. The Morgan fingerprint density at radius 3 is 1.86 bits per heavy atom. The Bertz CT molecular complexity index is 1480. The average Bonchev–Trinajstić information content (AvgIpc) is 3.22. The van der Waals surface area contributed by atoms with Crippen LogP contribution in [0.25, 0.3) is 49.7 Å². The molecule has 0 bridgehead atoms. The van der Waals surface area contributed by atoms with Crippen LogP contribution in [0.2, 0.25) is 0 Å². The number of nitrogens with zero attached hydrogens (tertiary/aromatic N) is 3. The first-order valence-corrected chi connectivity index (χ1v) is 9.69. The second-order valence-corrected chi connectivity index (χ2v) is 7.13. The summed E-state index contributed by atoms with van der Waals surface area (Å²) in [4.78, 5) is 9.36. The van der Waals surface area contributed by atoms with Crippen LogP contribution in [0.1, 0.15) is 0 Å². The Kier molecular flexibility index (Phi) is 3.47. The van der Waals surface area contributed by atoms with E-state index >= 15 is 0 Å². The summed E-state index contributed by atoms with van der Waals surface area (Å²) < 4.78 is 2.28. The largest absolute Gasteiger partial charge is 0.292 e. The molecule has 0 saturated carbocycles. The SMILES string of the molecule is c1ccc(-n2c(-c3ccncc3)nc3c4ccccc4c4ccccc4c32)cc1. The lowest BCUT2D eigenvalue weighted by atomic mass is 10.00. The van der Waals surface area contributed by atoms with Crippen LogP contribution in [0.4, 0.5) is 0 Å². The number of pyridine rings is 1. The molecular formula is C26H17N3. The molecule has 6 aromatic rings. The van der Waals surface area contributed by atoms with E-state index in [0.717, 1.165) is 28.1 Å². The number of hydrogen-bond donors (Lipinski definition) is 0. The fraction of sp³-hybridized carbons (Fsp3) is 0. The molecule has 0 aliphatic carbocycles. The predicted molar refractivity (Wildman–Crippen MR) is 119 cm³/mol. The highest BCUT2D eigenvalue weighted by Gasteiger charge is 2.19. The number of benzene rings is 4.